The minimum absolute atomic E-state index is 0.222. The molecule has 1 N–H and O–H groups in total. The molecule has 0 aromatic heterocycles. The molecule has 0 radical (unpaired) electrons. The zero-order valence-electron chi connectivity index (χ0n) is 17.6. The molecule has 0 saturated carbocycles. The summed E-state index contributed by atoms with van der Waals surface area (Å²) in [4.78, 5) is 38.6. The minimum Gasteiger partial charge on any atom is -0.481 e. The van der Waals surface area contributed by atoms with Gasteiger partial charge in [-0.25, -0.2) is 0 Å². The van der Waals surface area contributed by atoms with Gasteiger partial charge in [-0.05, 0) is 13.8 Å². The van der Waals surface area contributed by atoms with Crippen molar-refractivity contribution in [2.24, 2.45) is 0 Å². The van der Waals surface area contributed by atoms with E-state index in [9.17, 15) is 19.2 Å². The first-order chi connectivity index (χ1) is 11.9. The van der Waals surface area contributed by atoms with Gasteiger partial charge in [-0.2, -0.15) is 5.26 Å². The molecule has 0 bridgehead atoms. The number of ether oxygens (including phenoxy) is 1. The van der Waals surface area contributed by atoms with Crippen molar-refractivity contribution in [1.82, 2.24) is 0 Å². The Kier molecular flexibility index (Phi) is 66.0. The number of carboxylic acids is 1. The number of methoxy groups -OCH3 is 1. The number of alkyl halides is 1. The lowest BCUT2D eigenvalue weighted by atomic mass is 10.4. The summed E-state index contributed by atoms with van der Waals surface area (Å²) in [6, 6.07) is 1.75. The van der Waals surface area contributed by atoms with Gasteiger partial charge in [-0.3, -0.25) is 9.59 Å². The summed E-state index contributed by atoms with van der Waals surface area (Å²) in [6.07, 6.45) is 1.56. The zero-order valence-corrected chi connectivity index (χ0v) is 19.2. The average molecular weight is 442 g/mol. The van der Waals surface area contributed by atoms with Crippen molar-refractivity contribution < 1.29 is 29.0 Å². The Hall–Kier alpha value is -1.75. The molecule has 0 amide bonds. The highest BCUT2D eigenvalue weighted by Gasteiger charge is 1.81. The number of carbonyl (C=O) groups is 4. The first-order valence-corrected chi connectivity index (χ1v) is 9.15. The number of hydrogen-bond donors (Lipinski definition) is 1. The number of halogens is 1. The predicted octanol–water partition coefficient (Wildman–Crippen LogP) is 4.56. The molecule has 0 fully saturated rings. The lowest BCUT2D eigenvalue weighted by Gasteiger charge is -1.80. The van der Waals surface area contributed by atoms with Gasteiger partial charge < -0.3 is 19.4 Å². The first-order valence-electron chi connectivity index (χ1n) is 8.03. The average Bonchev–Trinajstić information content (AvgIpc) is 2.57. The highest BCUT2D eigenvalue weighted by Crippen LogP contribution is 1.72. The van der Waals surface area contributed by atoms with Gasteiger partial charge in [-0.1, -0.05) is 43.6 Å². The minimum atomic E-state index is -0.745. The number of nitriles is 1. The molecule has 0 unspecified atom stereocenters. The van der Waals surface area contributed by atoms with Gasteiger partial charge in [0.15, 0.2) is 0 Å². The summed E-state index contributed by atoms with van der Waals surface area (Å²) in [6.45, 7) is 13.3. The zero-order chi connectivity index (χ0) is 22.6. The Balaban J connectivity index is -0.0000000468. The van der Waals surface area contributed by atoms with E-state index in [-0.39, 0.29) is 24.0 Å². The van der Waals surface area contributed by atoms with Crippen LogP contribution in [0.3, 0.4) is 0 Å². The molecule has 0 aliphatic rings. The third-order valence-corrected chi connectivity index (χ3v) is 1.59. The van der Waals surface area contributed by atoms with Crippen LogP contribution >= 0.6 is 15.9 Å². The molecule has 0 rings (SSSR count). The fourth-order valence-electron chi connectivity index (χ4n) is 0. The van der Waals surface area contributed by atoms with Crippen LogP contribution in [-0.4, -0.2) is 41.1 Å². The maximum absolute atomic E-state index is 9.81. The number of Topliss-reactive ketones (excluding diaryl/α,β-unsaturated/α-hetero) is 2. The molecule has 0 aliphatic carbocycles. The Morgan fingerprint density at radius 1 is 0.923 bits per heavy atom. The summed E-state index contributed by atoms with van der Waals surface area (Å²) >= 11 is 3.15. The van der Waals surface area contributed by atoms with E-state index < -0.39 is 5.97 Å². The van der Waals surface area contributed by atoms with Crippen LogP contribution in [0.15, 0.2) is 0 Å². The highest BCUT2D eigenvalue weighted by atomic mass is 79.9. The number of ketones is 2. The smallest absolute Gasteiger partial charge is 0.303 e. The van der Waals surface area contributed by atoms with Crippen LogP contribution in [0, 0.1) is 11.3 Å². The van der Waals surface area contributed by atoms with Crippen LogP contribution in [0.4, 0.5) is 0 Å². The van der Waals surface area contributed by atoms with Gasteiger partial charge in [0.1, 0.15) is 11.6 Å². The molecule has 0 heterocycles. The molecule has 26 heavy (non-hydrogen) atoms. The summed E-state index contributed by atoms with van der Waals surface area (Å²) in [5, 5.41) is 16.1. The molecule has 0 spiro atoms. The Morgan fingerprint density at radius 3 is 1.04 bits per heavy atom. The van der Waals surface area contributed by atoms with E-state index in [1.165, 1.54) is 21.0 Å². The quantitative estimate of drug-likeness (QED) is 0.502. The van der Waals surface area contributed by atoms with E-state index >= 15 is 0 Å². The Bertz CT molecular complexity index is 309. The molecular weight excluding hydrogens is 406 g/mol. The van der Waals surface area contributed by atoms with Crippen molar-refractivity contribution in [2.75, 3.05) is 12.4 Å². The molecule has 0 aromatic rings. The van der Waals surface area contributed by atoms with E-state index in [0.717, 1.165) is 5.33 Å². The molecular formula is C18H36BrNO6. The second-order valence-electron chi connectivity index (χ2n) is 4.05. The topological polar surface area (TPSA) is 122 Å². The van der Waals surface area contributed by atoms with Gasteiger partial charge in [0.05, 0.1) is 13.2 Å². The summed E-state index contributed by atoms with van der Waals surface area (Å²) < 4.78 is 4.11. The molecule has 0 atom stereocenters. The highest BCUT2D eigenvalue weighted by molar-refractivity contribution is 9.09. The van der Waals surface area contributed by atoms with E-state index in [1.807, 2.05) is 20.8 Å². The largest absolute Gasteiger partial charge is 0.481 e. The number of carbonyl (C=O) groups excluding carboxylic acids is 3. The van der Waals surface area contributed by atoms with Gasteiger partial charge in [0, 0.05) is 38.4 Å². The predicted molar refractivity (Wildman–Crippen MR) is 108 cm³/mol. The number of nitrogens with zero attached hydrogens (tertiary/aromatic N) is 1. The summed E-state index contributed by atoms with van der Waals surface area (Å²) in [5.74, 6) is -0.481. The number of esters is 1. The normalized spacial score (nSPS) is 6.65. The van der Waals surface area contributed by atoms with Crippen molar-refractivity contribution in [3.8, 4) is 6.07 Å². The monoisotopic (exact) mass is 441 g/mol. The van der Waals surface area contributed by atoms with Gasteiger partial charge in [0.25, 0.3) is 0 Å². The van der Waals surface area contributed by atoms with E-state index in [1.54, 1.807) is 26.8 Å². The van der Waals surface area contributed by atoms with Crippen LogP contribution in [0.25, 0.3) is 0 Å². The molecule has 7 nitrogen and oxygen atoms in total. The SMILES string of the molecule is CC#N.CCBr.CCC(=O)O.CCC(C)=O.CCC(C)=O.COC(C)=O. The van der Waals surface area contributed by atoms with Crippen molar-refractivity contribution in [3.05, 3.63) is 0 Å². The molecule has 0 aromatic carbocycles. The standard InChI is InChI=1S/2C4H8O.2C3H6O2.C2H5Br.C2H3N/c2*1-3-4(2)5;1-3(4)5-2;1-2-3(4)5;2*1-2-3/h2*3H2,1-2H3;1-2H3;2H2,1H3,(H,4,5);2H2,1H3;1H3. The van der Waals surface area contributed by atoms with Crippen molar-refractivity contribution in [3.63, 3.8) is 0 Å². The number of carboxylic acid groups (broad SMARTS) is 1. The second kappa shape index (κ2) is 43.6. The fraction of sp³-hybridized carbons (Fsp3) is 0.722. The van der Waals surface area contributed by atoms with Crippen molar-refractivity contribution in [1.29, 1.82) is 5.26 Å². The van der Waals surface area contributed by atoms with Crippen LogP contribution < -0.4 is 0 Å². The first kappa shape index (κ1) is 39.4. The van der Waals surface area contributed by atoms with Crippen molar-refractivity contribution in [2.45, 2.75) is 74.7 Å². The molecule has 156 valence electrons. The fourth-order valence-corrected chi connectivity index (χ4v) is 0. The lowest BCUT2D eigenvalue weighted by molar-refractivity contribution is -0.138. The van der Waals surface area contributed by atoms with Gasteiger partial charge >= 0.3 is 11.9 Å². The van der Waals surface area contributed by atoms with E-state index in [0.29, 0.717) is 12.8 Å². The Morgan fingerprint density at radius 2 is 1.04 bits per heavy atom. The van der Waals surface area contributed by atoms with E-state index in [2.05, 4.69) is 20.7 Å². The number of rotatable bonds is 3. The third kappa shape index (κ3) is 257. The van der Waals surface area contributed by atoms with Crippen LogP contribution in [-0.2, 0) is 23.9 Å². The van der Waals surface area contributed by atoms with E-state index in [4.69, 9.17) is 10.4 Å². The molecule has 0 saturated heterocycles. The summed E-state index contributed by atoms with van der Waals surface area (Å²) in [7, 11) is 1.35. The second-order valence-corrected chi connectivity index (χ2v) is 5.17. The number of aliphatic carboxylic acids is 1. The van der Waals surface area contributed by atoms with Crippen LogP contribution in [0.1, 0.15) is 74.7 Å². The third-order valence-electron chi connectivity index (χ3n) is 1.59. The number of hydrogen-bond acceptors (Lipinski definition) is 6. The summed E-state index contributed by atoms with van der Waals surface area (Å²) in [5.41, 5.74) is 0. The van der Waals surface area contributed by atoms with Crippen LogP contribution in [0.2, 0.25) is 0 Å². The van der Waals surface area contributed by atoms with Crippen LogP contribution in [0.5, 0.6) is 0 Å². The van der Waals surface area contributed by atoms with Gasteiger partial charge in [-0.15, -0.1) is 0 Å². The van der Waals surface area contributed by atoms with Gasteiger partial charge in [0.2, 0.25) is 0 Å². The van der Waals surface area contributed by atoms with Crippen molar-refractivity contribution >= 4 is 39.4 Å². The maximum atomic E-state index is 9.81. The molecule has 8 heteroatoms. The molecule has 0 aliphatic heterocycles. The lowest BCUT2D eigenvalue weighted by Crippen LogP contribution is -1.88. The Labute approximate surface area is 167 Å². The maximum Gasteiger partial charge on any atom is 0.303 e.